The Balaban J connectivity index is 2.25. The number of nitrogens with two attached hydrogens (primary N) is 1. The van der Waals surface area contributed by atoms with Crippen molar-refractivity contribution in [3.05, 3.63) is 34.9 Å². The summed E-state index contributed by atoms with van der Waals surface area (Å²) in [7, 11) is 0. The van der Waals surface area contributed by atoms with Gasteiger partial charge in [0.25, 0.3) is 5.91 Å². The zero-order valence-corrected chi connectivity index (χ0v) is 10.5. The molecule has 6 heteroatoms. The predicted molar refractivity (Wildman–Crippen MR) is 69.9 cm³/mol. The van der Waals surface area contributed by atoms with Crippen LogP contribution in [0.4, 0.5) is 0 Å². The smallest absolute Gasteiger partial charge is 0.335 e. The Hall–Kier alpha value is -1.82. The number of aliphatic imine (C=N–C) groups is 1. The number of aryl methyl sites for hydroxylation is 1. The average Bonchev–Trinajstić information content (AvgIpc) is 2.60. The van der Waals surface area contributed by atoms with E-state index < -0.39 is 11.2 Å². The minimum absolute atomic E-state index is 0.230. The van der Waals surface area contributed by atoms with Crippen molar-refractivity contribution in [1.82, 2.24) is 0 Å². The number of amidine groups is 1. The molecule has 1 aliphatic rings. The molecule has 0 fully saturated rings. The van der Waals surface area contributed by atoms with Crippen molar-refractivity contribution in [1.29, 1.82) is 0 Å². The number of aromatic carboxylic acids is 1. The van der Waals surface area contributed by atoms with Crippen molar-refractivity contribution in [2.45, 2.75) is 18.6 Å². The summed E-state index contributed by atoms with van der Waals surface area (Å²) < 4.78 is 0. The molecule has 1 atom stereocenters. The van der Waals surface area contributed by atoms with Gasteiger partial charge >= 0.3 is 5.97 Å². The summed E-state index contributed by atoms with van der Waals surface area (Å²) >= 11 is 1.18. The van der Waals surface area contributed by atoms with Crippen LogP contribution in [0, 0.1) is 6.92 Å². The zero-order chi connectivity index (χ0) is 13.3. The van der Waals surface area contributed by atoms with Crippen LogP contribution in [-0.2, 0) is 11.2 Å². The molecule has 94 valence electrons. The van der Waals surface area contributed by atoms with Crippen LogP contribution in [0.3, 0.4) is 0 Å². The maximum atomic E-state index is 11.5. The van der Waals surface area contributed by atoms with Crippen LogP contribution in [0.25, 0.3) is 0 Å². The summed E-state index contributed by atoms with van der Waals surface area (Å²) in [5.74, 6) is -1.28. The lowest BCUT2D eigenvalue weighted by Gasteiger charge is -2.10. The van der Waals surface area contributed by atoms with Crippen LogP contribution >= 0.6 is 11.8 Å². The standard InChI is InChI=1S/C12H12N2O3S/c1-6-2-3-7(8(4-6)11(16)17)5-9-10(15)14-12(13)18-9/h2-4,9H,5H2,1H3,(H,16,17)(H2,13,14,15)/t9-/m0/s1. The SMILES string of the molecule is Cc1ccc(C[C@@H]2SC(N)=NC2=O)c(C(=O)O)c1. The topological polar surface area (TPSA) is 92.8 Å². The Morgan fingerprint density at radius 2 is 2.28 bits per heavy atom. The van der Waals surface area contributed by atoms with E-state index in [9.17, 15) is 9.59 Å². The Kier molecular flexibility index (Phi) is 3.38. The fraction of sp³-hybridized carbons (Fsp3) is 0.250. The summed E-state index contributed by atoms with van der Waals surface area (Å²) in [6, 6.07) is 5.17. The number of benzene rings is 1. The van der Waals surface area contributed by atoms with Crippen LogP contribution in [0.15, 0.2) is 23.2 Å². The molecule has 1 aliphatic heterocycles. The fourth-order valence-corrected chi connectivity index (χ4v) is 2.65. The number of amides is 1. The number of carbonyl (C=O) groups excluding carboxylic acids is 1. The highest BCUT2D eigenvalue weighted by Crippen LogP contribution is 2.25. The summed E-state index contributed by atoms with van der Waals surface area (Å²) in [6.07, 6.45) is 0.329. The third kappa shape index (κ3) is 2.53. The molecule has 1 aromatic rings. The van der Waals surface area contributed by atoms with Crippen molar-refractivity contribution >= 4 is 28.8 Å². The molecule has 0 saturated heterocycles. The molecule has 5 nitrogen and oxygen atoms in total. The first-order valence-corrected chi connectivity index (χ1v) is 6.23. The summed E-state index contributed by atoms with van der Waals surface area (Å²) in [4.78, 5) is 26.3. The molecule has 0 bridgehead atoms. The van der Waals surface area contributed by atoms with E-state index in [1.54, 1.807) is 12.1 Å². The van der Waals surface area contributed by atoms with Gasteiger partial charge in [-0.25, -0.2) is 4.79 Å². The minimum Gasteiger partial charge on any atom is -0.478 e. The number of hydrogen-bond acceptors (Lipinski definition) is 4. The largest absolute Gasteiger partial charge is 0.478 e. The van der Waals surface area contributed by atoms with Gasteiger partial charge in [-0.2, -0.15) is 4.99 Å². The molecule has 0 radical (unpaired) electrons. The first kappa shape index (κ1) is 12.6. The van der Waals surface area contributed by atoms with Gasteiger partial charge in [0.2, 0.25) is 0 Å². The molecule has 1 aromatic carbocycles. The van der Waals surface area contributed by atoms with Gasteiger partial charge in [-0.15, -0.1) is 0 Å². The van der Waals surface area contributed by atoms with Gasteiger partial charge in [0.05, 0.1) is 10.8 Å². The number of carbonyl (C=O) groups is 2. The van der Waals surface area contributed by atoms with E-state index in [4.69, 9.17) is 10.8 Å². The highest BCUT2D eigenvalue weighted by Gasteiger charge is 2.28. The van der Waals surface area contributed by atoms with Gasteiger partial charge in [0.1, 0.15) is 0 Å². The molecular weight excluding hydrogens is 252 g/mol. The highest BCUT2D eigenvalue weighted by molar-refractivity contribution is 8.15. The van der Waals surface area contributed by atoms with Gasteiger partial charge in [0.15, 0.2) is 5.17 Å². The minimum atomic E-state index is -0.988. The van der Waals surface area contributed by atoms with Crippen LogP contribution in [0.1, 0.15) is 21.5 Å². The Morgan fingerprint density at radius 3 is 2.83 bits per heavy atom. The average molecular weight is 264 g/mol. The second kappa shape index (κ2) is 4.81. The molecular formula is C12H12N2O3S. The van der Waals surface area contributed by atoms with Crippen molar-refractivity contribution in [3.8, 4) is 0 Å². The van der Waals surface area contributed by atoms with E-state index in [1.807, 2.05) is 13.0 Å². The third-order valence-electron chi connectivity index (χ3n) is 2.66. The second-order valence-corrected chi connectivity index (χ2v) is 5.29. The summed E-state index contributed by atoms with van der Waals surface area (Å²) in [5.41, 5.74) is 7.20. The lowest BCUT2D eigenvalue weighted by atomic mass is 10.0. The number of thioether (sulfide) groups is 1. The number of carboxylic acid groups (broad SMARTS) is 1. The maximum absolute atomic E-state index is 11.5. The zero-order valence-electron chi connectivity index (χ0n) is 9.71. The number of hydrogen-bond donors (Lipinski definition) is 2. The first-order valence-electron chi connectivity index (χ1n) is 5.35. The highest BCUT2D eigenvalue weighted by atomic mass is 32.2. The van der Waals surface area contributed by atoms with Crippen LogP contribution in [0.5, 0.6) is 0 Å². The predicted octanol–water partition coefficient (Wildman–Crippen LogP) is 1.19. The quantitative estimate of drug-likeness (QED) is 0.855. The monoisotopic (exact) mass is 264 g/mol. The Labute approximate surface area is 108 Å². The molecule has 0 unspecified atom stereocenters. The van der Waals surface area contributed by atoms with E-state index in [0.717, 1.165) is 5.56 Å². The van der Waals surface area contributed by atoms with Crippen LogP contribution in [0.2, 0.25) is 0 Å². The molecule has 3 N–H and O–H groups in total. The molecule has 2 rings (SSSR count). The first-order chi connectivity index (χ1) is 8.47. The van der Waals surface area contributed by atoms with E-state index in [1.165, 1.54) is 11.8 Å². The molecule has 0 aromatic heterocycles. The molecule has 1 amide bonds. The van der Waals surface area contributed by atoms with Crippen molar-refractivity contribution in [2.24, 2.45) is 10.7 Å². The van der Waals surface area contributed by atoms with E-state index in [0.29, 0.717) is 12.0 Å². The molecule has 0 saturated carbocycles. The Bertz CT molecular complexity index is 554. The van der Waals surface area contributed by atoms with Crippen molar-refractivity contribution in [3.63, 3.8) is 0 Å². The van der Waals surface area contributed by atoms with Gasteiger partial charge in [-0.05, 0) is 25.0 Å². The van der Waals surface area contributed by atoms with Gasteiger partial charge in [-0.1, -0.05) is 29.5 Å². The molecule has 0 aliphatic carbocycles. The lowest BCUT2D eigenvalue weighted by Crippen LogP contribution is -2.16. The van der Waals surface area contributed by atoms with Crippen molar-refractivity contribution < 1.29 is 14.7 Å². The van der Waals surface area contributed by atoms with Gasteiger partial charge in [-0.3, -0.25) is 4.79 Å². The molecule has 0 spiro atoms. The summed E-state index contributed by atoms with van der Waals surface area (Å²) in [6.45, 7) is 1.83. The number of rotatable bonds is 3. The van der Waals surface area contributed by atoms with E-state index in [-0.39, 0.29) is 16.6 Å². The molecule has 18 heavy (non-hydrogen) atoms. The Morgan fingerprint density at radius 1 is 1.56 bits per heavy atom. The van der Waals surface area contributed by atoms with Crippen LogP contribution in [-0.4, -0.2) is 27.4 Å². The van der Waals surface area contributed by atoms with E-state index in [2.05, 4.69) is 4.99 Å². The van der Waals surface area contributed by atoms with Crippen molar-refractivity contribution in [2.75, 3.05) is 0 Å². The number of carboxylic acids is 1. The van der Waals surface area contributed by atoms with Gasteiger partial charge < -0.3 is 10.8 Å². The van der Waals surface area contributed by atoms with Crippen LogP contribution < -0.4 is 5.73 Å². The number of nitrogens with zero attached hydrogens (tertiary/aromatic N) is 1. The van der Waals surface area contributed by atoms with Gasteiger partial charge in [0, 0.05) is 0 Å². The summed E-state index contributed by atoms with van der Waals surface area (Å²) in [5, 5.41) is 8.97. The molecule has 1 heterocycles. The maximum Gasteiger partial charge on any atom is 0.335 e. The van der Waals surface area contributed by atoms with E-state index >= 15 is 0 Å². The normalized spacial score (nSPS) is 18.8. The third-order valence-corrected chi connectivity index (χ3v) is 3.65. The second-order valence-electron chi connectivity index (χ2n) is 4.06. The lowest BCUT2D eigenvalue weighted by molar-refractivity contribution is -0.117. The fourth-order valence-electron chi connectivity index (χ4n) is 1.80.